The van der Waals surface area contributed by atoms with Crippen LogP contribution in [0.2, 0.25) is 0 Å². The van der Waals surface area contributed by atoms with Gasteiger partial charge in [-0.15, -0.1) is 0 Å². The van der Waals surface area contributed by atoms with E-state index >= 15 is 0 Å². The molecule has 0 bridgehead atoms. The number of rotatable bonds is 3. The summed E-state index contributed by atoms with van der Waals surface area (Å²) in [5, 5.41) is 8.95. The lowest BCUT2D eigenvalue weighted by molar-refractivity contribution is 0.249. The van der Waals surface area contributed by atoms with Crippen LogP contribution < -0.4 is 4.72 Å². The first kappa shape index (κ1) is 12.5. The Hall–Kier alpha value is -0.910. The van der Waals surface area contributed by atoms with Crippen LogP contribution in [0.4, 0.5) is 0 Å². The van der Waals surface area contributed by atoms with E-state index in [4.69, 9.17) is 5.11 Å². The van der Waals surface area contributed by atoms with Crippen LogP contribution in [0, 0.1) is 0 Å². The second-order valence-electron chi connectivity index (χ2n) is 4.26. The summed E-state index contributed by atoms with van der Waals surface area (Å²) in [6, 6.07) is 0. The van der Waals surface area contributed by atoms with Crippen molar-refractivity contribution in [2.45, 2.75) is 6.42 Å². The maximum absolute atomic E-state index is 11.5. The highest BCUT2D eigenvalue weighted by Crippen LogP contribution is 2.22. The van der Waals surface area contributed by atoms with Gasteiger partial charge in [-0.05, 0) is 29.7 Å². The number of nitrogens with one attached hydrogen (secondary N) is 1. The molecule has 0 spiro atoms. The molecule has 1 aliphatic carbocycles. The van der Waals surface area contributed by atoms with Gasteiger partial charge in [0.15, 0.2) is 0 Å². The van der Waals surface area contributed by atoms with Crippen molar-refractivity contribution in [3.8, 4) is 0 Å². The minimum atomic E-state index is -0.946. The van der Waals surface area contributed by atoms with E-state index < -0.39 is 11.0 Å². The van der Waals surface area contributed by atoms with Gasteiger partial charge in [-0.3, -0.25) is 0 Å². The van der Waals surface area contributed by atoms with Crippen molar-refractivity contribution in [2.75, 3.05) is 32.5 Å². The van der Waals surface area contributed by atoms with E-state index in [0.29, 0.717) is 18.8 Å². The standard InChI is InChI=1S/C12H18N2O2S/c1-14(5-6-15)12-4-2-3-10-8-13-17(16)9-11(10)7-12/h2,4,7,13,15H,3,5-6,8-9H2,1H3. The Morgan fingerprint density at radius 3 is 3.18 bits per heavy atom. The summed E-state index contributed by atoms with van der Waals surface area (Å²) >= 11 is 0. The zero-order chi connectivity index (χ0) is 12.3. The van der Waals surface area contributed by atoms with Gasteiger partial charge in [-0.1, -0.05) is 6.08 Å². The third kappa shape index (κ3) is 3.06. The highest BCUT2D eigenvalue weighted by Gasteiger charge is 2.17. The fourth-order valence-electron chi connectivity index (χ4n) is 1.99. The molecule has 0 aromatic carbocycles. The fourth-order valence-corrected chi connectivity index (χ4v) is 2.99. The number of nitrogens with zero attached hydrogens (tertiary/aromatic N) is 1. The molecule has 2 aliphatic rings. The topological polar surface area (TPSA) is 52.6 Å². The molecule has 17 heavy (non-hydrogen) atoms. The van der Waals surface area contributed by atoms with Crippen molar-refractivity contribution in [3.05, 3.63) is 35.1 Å². The first-order valence-electron chi connectivity index (χ1n) is 5.73. The third-order valence-electron chi connectivity index (χ3n) is 3.04. The van der Waals surface area contributed by atoms with E-state index in [1.165, 1.54) is 11.1 Å². The van der Waals surface area contributed by atoms with Crippen LogP contribution in [-0.4, -0.2) is 46.7 Å². The van der Waals surface area contributed by atoms with Gasteiger partial charge >= 0.3 is 0 Å². The van der Waals surface area contributed by atoms with Crippen LogP contribution >= 0.6 is 0 Å². The van der Waals surface area contributed by atoms with E-state index in [-0.39, 0.29) is 6.61 Å². The second kappa shape index (κ2) is 5.62. The van der Waals surface area contributed by atoms with Crippen molar-refractivity contribution in [3.63, 3.8) is 0 Å². The van der Waals surface area contributed by atoms with Gasteiger partial charge in [0, 0.05) is 25.8 Å². The molecule has 0 radical (unpaired) electrons. The van der Waals surface area contributed by atoms with Gasteiger partial charge in [-0.2, -0.15) is 0 Å². The molecule has 1 unspecified atom stereocenters. The third-order valence-corrected chi connectivity index (χ3v) is 4.08. The zero-order valence-electron chi connectivity index (χ0n) is 9.98. The molecule has 2 rings (SSSR count). The van der Waals surface area contributed by atoms with Gasteiger partial charge in [0.2, 0.25) is 0 Å². The van der Waals surface area contributed by atoms with E-state index in [2.05, 4.69) is 23.0 Å². The highest BCUT2D eigenvalue weighted by atomic mass is 32.2. The Bertz CT molecular complexity index is 413. The first-order valence-corrected chi connectivity index (χ1v) is 7.05. The van der Waals surface area contributed by atoms with Crippen molar-refractivity contribution in [1.29, 1.82) is 0 Å². The summed E-state index contributed by atoms with van der Waals surface area (Å²) in [6.45, 7) is 1.46. The van der Waals surface area contributed by atoms with Crippen LogP contribution in [0.15, 0.2) is 35.1 Å². The number of aliphatic hydroxyl groups is 1. The fraction of sp³-hybridized carbons (Fsp3) is 0.500. The highest BCUT2D eigenvalue weighted by molar-refractivity contribution is 7.83. The predicted molar refractivity (Wildman–Crippen MR) is 69.6 cm³/mol. The lowest BCUT2D eigenvalue weighted by atomic mass is 10.1. The molecule has 1 heterocycles. The number of allylic oxidation sites excluding steroid dienone is 3. The Balaban J connectivity index is 2.23. The minimum Gasteiger partial charge on any atom is -0.395 e. The molecule has 0 aromatic rings. The minimum absolute atomic E-state index is 0.140. The first-order chi connectivity index (χ1) is 8.20. The summed E-state index contributed by atoms with van der Waals surface area (Å²) < 4.78 is 14.5. The maximum atomic E-state index is 11.5. The van der Waals surface area contributed by atoms with Crippen molar-refractivity contribution >= 4 is 11.0 Å². The average molecular weight is 254 g/mol. The van der Waals surface area contributed by atoms with Gasteiger partial charge in [0.05, 0.1) is 23.3 Å². The van der Waals surface area contributed by atoms with Crippen LogP contribution in [0.3, 0.4) is 0 Å². The summed E-state index contributed by atoms with van der Waals surface area (Å²) in [5.74, 6) is 0.577. The molecular weight excluding hydrogens is 236 g/mol. The van der Waals surface area contributed by atoms with Crippen LogP contribution in [0.1, 0.15) is 6.42 Å². The van der Waals surface area contributed by atoms with Crippen LogP contribution in [-0.2, 0) is 11.0 Å². The summed E-state index contributed by atoms with van der Waals surface area (Å²) in [4.78, 5) is 2.01. The SMILES string of the molecule is CN(CCO)C1=CC2=C(CC=C1)CNS(=O)C2. The number of aliphatic hydroxyl groups excluding tert-OH is 1. The normalized spacial score (nSPS) is 24.1. The quantitative estimate of drug-likeness (QED) is 0.762. The van der Waals surface area contributed by atoms with E-state index in [1.807, 2.05) is 11.9 Å². The Morgan fingerprint density at radius 2 is 2.41 bits per heavy atom. The predicted octanol–water partition coefficient (Wildman–Crippen LogP) is 0.318. The van der Waals surface area contributed by atoms with Crippen LogP contribution in [0.5, 0.6) is 0 Å². The number of likely N-dealkylation sites (N-methyl/N-ethyl adjacent to an activating group) is 1. The molecule has 2 N–H and O–H groups in total. The summed E-state index contributed by atoms with van der Waals surface area (Å²) in [6.07, 6.45) is 7.19. The zero-order valence-corrected chi connectivity index (χ0v) is 10.8. The average Bonchev–Trinajstić information content (AvgIpc) is 2.50. The number of hydrogen-bond donors (Lipinski definition) is 2. The number of hydrogen-bond acceptors (Lipinski definition) is 3. The van der Waals surface area contributed by atoms with Gasteiger partial charge in [0.1, 0.15) is 0 Å². The van der Waals surface area contributed by atoms with Crippen molar-refractivity contribution in [2.24, 2.45) is 0 Å². The molecule has 0 saturated carbocycles. The van der Waals surface area contributed by atoms with Gasteiger partial charge in [-0.25, -0.2) is 8.93 Å². The van der Waals surface area contributed by atoms with Crippen LogP contribution in [0.25, 0.3) is 0 Å². The molecule has 94 valence electrons. The molecule has 0 saturated heterocycles. The lowest BCUT2D eigenvalue weighted by Gasteiger charge is -2.21. The second-order valence-corrected chi connectivity index (χ2v) is 5.53. The molecule has 4 nitrogen and oxygen atoms in total. The molecule has 0 amide bonds. The monoisotopic (exact) mass is 254 g/mol. The van der Waals surface area contributed by atoms with Gasteiger partial charge in [0.25, 0.3) is 0 Å². The lowest BCUT2D eigenvalue weighted by Crippen LogP contribution is -2.29. The molecule has 5 heteroatoms. The molecule has 0 fully saturated rings. The Kier molecular flexibility index (Phi) is 4.15. The Morgan fingerprint density at radius 1 is 1.59 bits per heavy atom. The summed E-state index contributed by atoms with van der Waals surface area (Å²) in [7, 11) is 1.01. The van der Waals surface area contributed by atoms with E-state index in [1.54, 1.807) is 0 Å². The maximum Gasteiger partial charge on any atom is 0.0963 e. The van der Waals surface area contributed by atoms with E-state index in [9.17, 15) is 4.21 Å². The summed E-state index contributed by atoms with van der Waals surface area (Å²) in [5.41, 5.74) is 3.56. The molecular formula is C12H18N2O2S. The smallest absolute Gasteiger partial charge is 0.0963 e. The van der Waals surface area contributed by atoms with Crippen molar-refractivity contribution < 1.29 is 9.32 Å². The van der Waals surface area contributed by atoms with E-state index in [0.717, 1.165) is 12.1 Å². The largest absolute Gasteiger partial charge is 0.395 e. The van der Waals surface area contributed by atoms with Crippen molar-refractivity contribution in [1.82, 2.24) is 9.62 Å². The molecule has 1 aliphatic heterocycles. The Labute approximate surface area is 104 Å². The molecule has 1 atom stereocenters. The molecule has 0 aromatic heterocycles. The van der Waals surface area contributed by atoms with Gasteiger partial charge < -0.3 is 10.0 Å².